The number of hydrogen-bond donors (Lipinski definition) is 3. The molecular formula is C14H23N3O3S. The Labute approximate surface area is 129 Å². The van der Waals surface area contributed by atoms with E-state index in [1.54, 1.807) is 18.3 Å². The third-order valence-corrected chi connectivity index (χ3v) is 4.46. The summed E-state index contributed by atoms with van der Waals surface area (Å²) in [5, 5.41) is 15.4. The summed E-state index contributed by atoms with van der Waals surface area (Å²) >= 11 is 1.58. The maximum Gasteiger partial charge on any atom is 0.315 e. The molecule has 0 aliphatic rings. The quantitative estimate of drug-likeness (QED) is 0.675. The number of carbonyl (C=O) groups is 2. The van der Waals surface area contributed by atoms with Crippen LogP contribution in [-0.4, -0.2) is 28.6 Å². The van der Waals surface area contributed by atoms with Crippen molar-refractivity contribution in [1.82, 2.24) is 15.6 Å². The molecule has 2 amide bonds. The molecule has 0 bridgehead atoms. The lowest BCUT2D eigenvalue weighted by Gasteiger charge is -2.14. The zero-order valence-electron chi connectivity index (χ0n) is 12.9. The second-order valence-electron chi connectivity index (χ2n) is 5.19. The Balaban J connectivity index is 2.30. The van der Waals surface area contributed by atoms with E-state index in [2.05, 4.69) is 15.6 Å². The van der Waals surface area contributed by atoms with Crippen LogP contribution in [0.1, 0.15) is 48.3 Å². The minimum atomic E-state index is -0.802. The van der Waals surface area contributed by atoms with Crippen LogP contribution in [0.2, 0.25) is 0 Å². The van der Waals surface area contributed by atoms with Crippen molar-refractivity contribution >= 4 is 23.3 Å². The molecule has 1 heterocycles. The normalized spacial score (nSPS) is 13.5. The molecule has 0 saturated carbocycles. The number of carboxylic acids is 1. The van der Waals surface area contributed by atoms with Crippen molar-refractivity contribution in [3.8, 4) is 0 Å². The van der Waals surface area contributed by atoms with Crippen molar-refractivity contribution in [2.45, 2.75) is 46.6 Å². The Morgan fingerprint density at radius 1 is 1.33 bits per heavy atom. The molecule has 3 N–H and O–H groups in total. The largest absolute Gasteiger partial charge is 0.481 e. The first-order valence-corrected chi connectivity index (χ1v) is 7.84. The van der Waals surface area contributed by atoms with Crippen LogP contribution in [0.25, 0.3) is 0 Å². The number of amides is 2. The smallest absolute Gasteiger partial charge is 0.315 e. The molecule has 6 nitrogen and oxygen atoms in total. The van der Waals surface area contributed by atoms with E-state index in [0.717, 1.165) is 15.6 Å². The maximum atomic E-state index is 11.8. The minimum absolute atomic E-state index is 0.0888. The van der Waals surface area contributed by atoms with E-state index in [0.29, 0.717) is 19.4 Å². The van der Waals surface area contributed by atoms with Crippen LogP contribution in [0.3, 0.4) is 0 Å². The number of urea groups is 1. The molecule has 2 unspecified atom stereocenters. The molecular weight excluding hydrogens is 290 g/mol. The Hall–Kier alpha value is -1.63. The topological polar surface area (TPSA) is 91.3 Å². The van der Waals surface area contributed by atoms with Gasteiger partial charge >= 0.3 is 12.0 Å². The lowest BCUT2D eigenvalue weighted by molar-refractivity contribution is -0.141. The van der Waals surface area contributed by atoms with Gasteiger partial charge in [0.2, 0.25) is 0 Å². The van der Waals surface area contributed by atoms with Gasteiger partial charge in [-0.05, 0) is 33.6 Å². The van der Waals surface area contributed by atoms with Crippen LogP contribution in [0.15, 0.2) is 0 Å². The Morgan fingerprint density at radius 3 is 2.52 bits per heavy atom. The molecule has 0 aromatic carbocycles. The Morgan fingerprint density at radius 2 is 2.00 bits per heavy atom. The Bertz CT molecular complexity index is 502. The van der Waals surface area contributed by atoms with Crippen molar-refractivity contribution in [3.05, 3.63) is 15.6 Å². The molecule has 1 aromatic heterocycles. The molecule has 0 spiro atoms. The standard InChI is InChI=1S/C14H23N3O3S/c1-8(13(18)19)6-5-7-15-14(20)17-10(3)12-9(2)16-11(4)21-12/h8,10H,5-7H2,1-4H3,(H,18,19)(H2,15,17,20). The number of aryl methyl sites for hydroxylation is 2. The predicted octanol–water partition coefficient (Wildman–Crippen LogP) is 2.62. The van der Waals surface area contributed by atoms with Gasteiger partial charge in [-0.25, -0.2) is 9.78 Å². The molecule has 2 atom stereocenters. The number of aliphatic carboxylic acids is 1. The summed E-state index contributed by atoms with van der Waals surface area (Å²) in [5.74, 6) is -1.18. The first kappa shape index (κ1) is 17.4. The van der Waals surface area contributed by atoms with Crippen LogP contribution >= 0.6 is 11.3 Å². The van der Waals surface area contributed by atoms with Gasteiger partial charge in [0.15, 0.2) is 0 Å². The average molecular weight is 313 g/mol. The van der Waals surface area contributed by atoms with Gasteiger partial charge in [0.05, 0.1) is 22.7 Å². The zero-order chi connectivity index (χ0) is 16.0. The molecule has 0 saturated heterocycles. The van der Waals surface area contributed by atoms with Crippen molar-refractivity contribution in [1.29, 1.82) is 0 Å². The van der Waals surface area contributed by atoms with Gasteiger partial charge in [0.25, 0.3) is 0 Å². The lowest BCUT2D eigenvalue weighted by atomic mass is 10.1. The molecule has 0 aliphatic carbocycles. The van der Waals surface area contributed by atoms with E-state index < -0.39 is 5.97 Å². The number of rotatable bonds is 7. The van der Waals surface area contributed by atoms with E-state index in [9.17, 15) is 9.59 Å². The number of nitrogens with zero attached hydrogens (tertiary/aromatic N) is 1. The number of hydrogen-bond acceptors (Lipinski definition) is 4. The number of nitrogens with one attached hydrogen (secondary N) is 2. The van der Waals surface area contributed by atoms with Crippen LogP contribution in [0, 0.1) is 19.8 Å². The molecule has 118 valence electrons. The summed E-state index contributed by atoms with van der Waals surface area (Å²) in [6.45, 7) is 7.93. The first-order chi connectivity index (χ1) is 9.81. The Kier molecular flexibility index (Phi) is 6.61. The van der Waals surface area contributed by atoms with Gasteiger partial charge < -0.3 is 15.7 Å². The fourth-order valence-electron chi connectivity index (χ4n) is 2.00. The summed E-state index contributed by atoms with van der Waals surface area (Å²) in [6.07, 6.45) is 1.20. The van der Waals surface area contributed by atoms with Gasteiger partial charge in [-0.3, -0.25) is 4.79 Å². The molecule has 0 aliphatic heterocycles. The lowest BCUT2D eigenvalue weighted by Crippen LogP contribution is -2.37. The van der Waals surface area contributed by atoms with Gasteiger partial charge in [-0.15, -0.1) is 11.3 Å². The summed E-state index contributed by atoms with van der Waals surface area (Å²) < 4.78 is 0. The van der Waals surface area contributed by atoms with E-state index in [-0.39, 0.29) is 18.0 Å². The van der Waals surface area contributed by atoms with E-state index >= 15 is 0 Å². The van der Waals surface area contributed by atoms with Crippen molar-refractivity contribution in [3.63, 3.8) is 0 Å². The second-order valence-corrected chi connectivity index (χ2v) is 6.42. The first-order valence-electron chi connectivity index (χ1n) is 7.02. The maximum absolute atomic E-state index is 11.8. The molecule has 1 aromatic rings. The van der Waals surface area contributed by atoms with Gasteiger partial charge in [-0.1, -0.05) is 6.92 Å². The third kappa shape index (κ3) is 5.71. The van der Waals surface area contributed by atoms with E-state index in [1.165, 1.54) is 0 Å². The minimum Gasteiger partial charge on any atom is -0.481 e. The highest BCUT2D eigenvalue weighted by Gasteiger charge is 2.15. The van der Waals surface area contributed by atoms with Crippen molar-refractivity contribution < 1.29 is 14.7 Å². The summed E-state index contributed by atoms with van der Waals surface area (Å²) in [5.41, 5.74) is 0.945. The molecule has 21 heavy (non-hydrogen) atoms. The number of aromatic nitrogens is 1. The second kappa shape index (κ2) is 7.97. The van der Waals surface area contributed by atoms with E-state index in [1.807, 2.05) is 20.8 Å². The third-order valence-electron chi connectivity index (χ3n) is 3.20. The highest BCUT2D eigenvalue weighted by atomic mass is 32.1. The monoisotopic (exact) mass is 313 g/mol. The number of thiazole rings is 1. The summed E-state index contributed by atoms with van der Waals surface area (Å²) in [7, 11) is 0. The average Bonchev–Trinajstić information content (AvgIpc) is 2.73. The predicted molar refractivity (Wildman–Crippen MR) is 82.6 cm³/mol. The van der Waals surface area contributed by atoms with Crippen LogP contribution < -0.4 is 10.6 Å². The highest BCUT2D eigenvalue weighted by Crippen LogP contribution is 2.24. The van der Waals surface area contributed by atoms with E-state index in [4.69, 9.17) is 5.11 Å². The summed E-state index contributed by atoms with van der Waals surface area (Å²) in [6, 6.07) is -0.329. The van der Waals surface area contributed by atoms with Gasteiger partial charge in [-0.2, -0.15) is 0 Å². The number of carbonyl (C=O) groups excluding carboxylic acids is 1. The molecule has 7 heteroatoms. The highest BCUT2D eigenvalue weighted by molar-refractivity contribution is 7.11. The zero-order valence-corrected chi connectivity index (χ0v) is 13.7. The molecule has 0 radical (unpaired) electrons. The molecule has 0 fully saturated rings. The van der Waals surface area contributed by atoms with Crippen LogP contribution in [-0.2, 0) is 4.79 Å². The SMILES string of the molecule is Cc1nc(C)c(C(C)NC(=O)NCCCC(C)C(=O)O)s1. The van der Waals surface area contributed by atoms with Crippen molar-refractivity contribution in [2.24, 2.45) is 5.92 Å². The van der Waals surface area contributed by atoms with Gasteiger partial charge in [0.1, 0.15) is 0 Å². The number of carboxylic acid groups (broad SMARTS) is 1. The van der Waals surface area contributed by atoms with Crippen molar-refractivity contribution in [2.75, 3.05) is 6.54 Å². The van der Waals surface area contributed by atoms with Crippen LogP contribution in [0.5, 0.6) is 0 Å². The fourth-order valence-corrected chi connectivity index (χ4v) is 2.93. The van der Waals surface area contributed by atoms with Crippen LogP contribution in [0.4, 0.5) is 4.79 Å². The fraction of sp³-hybridized carbons (Fsp3) is 0.643. The molecule has 1 rings (SSSR count). The summed E-state index contributed by atoms with van der Waals surface area (Å²) in [4.78, 5) is 27.8. The van der Waals surface area contributed by atoms with Gasteiger partial charge in [0, 0.05) is 11.4 Å².